The van der Waals surface area contributed by atoms with Crippen LogP contribution in [0, 0.1) is 0 Å². The number of pyridine rings is 1. The number of rotatable bonds is 6. The summed E-state index contributed by atoms with van der Waals surface area (Å²) in [6.07, 6.45) is 1.66. The fraction of sp³-hybridized carbons (Fsp3) is 0.120. The third-order valence-corrected chi connectivity index (χ3v) is 5.47. The van der Waals surface area contributed by atoms with E-state index in [1.807, 2.05) is 43.3 Å². The maximum atomic E-state index is 13.6. The molecule has 0 spiro atoms. The van der Waals surface area contributed by atoms with Gasteiger partial charge in [0.05, 0.1) is 23.2 Å². The number of ether oxygens (including phenoxy) is 1. The lowest BCUT2D eigenvalue weighted by molar-refractivity contribution is 0.0984. The van der Waals surface area contributed by atoms with E-state index in [2.05, 4.69) is 23.2 Å². The number of benzene rings is 3. The predicted octanol–water partition coefficient (Wildman–Crippen LogP) is 6.79. The number of aromatic nitrogens is 1. The molecule has 4 nitrogen and oxygen atoms in total. The predicted molar refractivity (Wildman–Crippen MR) is 126 cm³/mol. The molecular weight excluding hydrogens is 431 g/mol. The summed E-state index contributed by atoms with van der Waals surface area (Å²) >= 11 is 12.7. The molecule has 4 rings (SSSR count). The lowest BCUT2D eigenvalue weighted by Gasteiger charge is -2.23. The average Bonchev–Trinajstić information content (AvgIpc) is 2.80. The average molecular weight is 451 g/mol. The number of amides is 1. The minimum absolute atomic E-state index is 0.251. The summed E-state index contributed by atoms with van der Waals surface area (Å²) in [6.45, 7) is 2.62. The van der Waals surface area contributed by atoms with Crippen molar-refractivity contribution in [2.24, 2.45) is 0 Å². The Morgan fingerprint density at radius 3 is 2.39 bits per heavy atom. The number of carbonyl (C=O) groups is 1. The fourth-order valence-electron chi connectivity index (χ4n) is 3.49. The quantitative estimate of drug-likeness (QED) is 0.324. The van der Waals surface area contributed by atoms with Gasteiger partial charge in [-0.25, -0.2) is 4.98 Å². The van der Waals surface area contributed by atoms with E-state index < -0.39 is 0 Å². The van der Waals surface area contributed by atoms with Gasteiger partial charge < -0.3 is 4.74 Å². The van der Waals surface area contributed by atoms with Crippen LogP contribution in [0.3, 0.4) is 0 Å². The third kappa shape index (κ3) is 4.50. The first-order valence-corrected chi connectivity index (χ1v) is 10.7. The third-order valence-electron chi connectivity index (χ3n) is 4.91. The second-order valence-corrected chi connectivity index (χ2v) is 7.73. The number of carbonyl (C=O) groups excluding carboxylic acids is 1. The Labute approximate surface area is 191 Å². The molecular formula is C25H20Cl2N2O2. The highest BCUT2D eigenvalue weighted by atomic mass is 35.5. The second kappa shape index (κ2) is 9.38. The minimum Gasteiger partial charge on any atom is -0.491 e. The Kier molecular flexibility index (Phi) is 6.40. The Morgan fingerprint density at radius 1 is 0.968 bits per heavy atom. The Hall–Kier alpha value is -3.08. The summed E-state index contributed by atoms with van der Waals surface area (Å²) in [5.41, 5.74) is 1.38. The lowest BCUT2D eigenvalue weighted by Crippen LogP contribution is -2.31. The lowest BCUT2D eigenvalue weighted by atomic mass is 10.0. The van der Waals surface area contributed by atoms with Crippen molar-refractivity contribution in [3.8, 4) is 5.75 Å². The van der Waals surface area contributed by atoms with Gasteiger partial charge in [-0.1, -0.05) is 71.7 Å². The molecule has 0 bridgehead atoms. The second-order valence-electron chi connectivity index (χ2n) is 6.92. The van der Waals surface area contributed by atoms with Crippen molar-refractivity contribution in [2.75, 3.05) is 11.5 Å². The SMILES string of the molecule is CCOc1c(Cl)cc(C(=O)N(Cc2cccc3ccccc23)c2ccccn2)cc1Cl. The molecule has 31 heavy (non-hydrogen) atoms. The fourth-order valence-corrected chi connectivity index (χ4v) is 4.09. The first-order valence-electron chi connectivity index (χ1n) is 9.90. The largest absolute Gasteiger partial charge is 0.491 e. The van der Waals surface area contributed by atoms with Crippen LogP contribution in [0.2, 0.25) is 10.0 Å². The molecule has 0 saturated carbocycles. The zero-order valence-electron chi connectivity index (χ0n) is 16.9. The van der Waals surface area contributed by atoms with Crippen molar-refractivity contribution in [2.45, 2.75) is 13.5 Å². The van der Waals surface area contributed by atoms with Crippen molar-refractivity contribution in [1.29, 1.82) is 0 Å². The van der Waals surface area contributed by atoms with E-state index in [4.69, 9.17) is 27.9 Å². The van der Waals surface area contributed by atoms with E-state index in [1.54, 1.807) is 29.3 Å². The summed E-state index contributed by atoms with van der Waals surface area (Å²) in [5.74, 6) is 0.667. The van der Waals surface area contributed by atoms with Crippen LogP contribution < -0.4 is 9.64 Å². The van der Waals surface area contributed by atoms with Crippen molar-refractivity contribution in [3.05, 3.63) is 100 Å². The van der Waals surface area contributed by atoms with Crippen LogP contribution >= 0.6 is 23.2 Å². The van der Waals surface area contributed by atoms with Crippen LogP contribution in [0.4, 0.5) is 5.82 Å². The smallest absolute Gasteiger partial charge is 0.259 e. The maximum Gasteiger partial charge on any atom is 0.259 e. The molecule has 0 unspecified atom stereocenters. The Balaban J connectivity index is 1.77. The van der Waals surface area contributed by atoms with Gasteiger partial charge in [-0.2, -0.15) is 0 Å². The molecule has 0 aliphatic heterocycles. The number of halogens is 2. The molecule has 0 radical (unpaired) electrons. The first-order chi connectivity index (χ1) is 15.1. The van der Waals surface area contributed by atoms with E-state index in [-0.39, 0.29) is 5.91 Å². The topological polar surface area (TPSA) is 42.4 Å². The molecule has 0 N–H and O–H groups in total. The van der Waals surface area contributed by atoms with Gasteiger partial charge in [0, 0.05) is 11.8 Å². The molecule has 0 fully saturated rings. The van der Waals surface area contributed by atoms with Gasteiger partial charge in [0.25, 0.3) is 5.91 Å². The van der Waals surface area contributed by atoms with Crippen molar-refractivity contribution < 1.29 is 9.53 Å². The Bertz CT molecular complexity index is 1200. The van der Waals surface area contributed by atoms with Crippen molar-refractivity contribution in [3.63, 3.8) is 0 Å². The van der Waals surface area contributed by atoms with Gasteiger partial charge in [-0.15, -0.1) is 0 Å². The van der Waals surface area contributed by atoms with Crippen LogP contribution in [-0.4, -0.2) is 17.5 Å². The van der Waals surface area contributed by atoms with E-state index >= 15 is 0 Å². The monoisotopic (exact) mass is 450 g/mol. The minimum atomic E-state index is -0.251. The van der Waals surface area contributed by atoms with Crippen LogP contribution in [-0.2, 0) is 6.54 Å². The molecule has 1 amide bonds. The maximum absolute atomic E-state index is 13.6. The number of nitrogens with zero attached hydrogens (tertiary/aromatic N) is 2. The summed E-state index contributed by atoms with van der Waals surface area (Å²) in [7, 11) is 0. The number of anilines is 1. The van der Waals surface area contributed by atoms with Crippen LogP contribution in [0.25, 0.3) is 10.8 Å². The molecule has 156 valence electrons. The highest BCUT2D eigenvalue weighted by molar-refractivity contribution is 6.37. The first kappa shape index (κ1) is 21.2. The molecule has 1 aromatic heterocycles. The molecule has 3 aromatic carbocycles. The molecule has 0 atom stereocenters. The number of fused-ring (bicyclic) bond motifs is 1. The molecule has 4 aromatic rings. The molecule has 0 saturated heterocycles. The van der Waals surface area contributed by atoms with E-state index in [1.165, 1.54) is 0 Å². The standard InChI is InChI=1S/C25H20Cl2N2O2/c1-2-31-24-21(26)14-19(15-22(24)27)25(30)29(23-12-5-6-13-28-23)16-18-10-7-9-17-8-3-4-11-20(17)18/h3-15H,2,16H2,1H3. The van der Waals surface area contributed by atoms with Gasteiger partial charge >= 0.3 is 0 Å². The van der Waals surface area contributed by atoms with Crippen molar-refractivity contribution >= 4 is 45.7 Å². The zero-order valence-corrected chi connectivity index (χ0v) is 18.4. The summed E-state index contributed by atoms with van der Waals surface area (Å²) in [4.78, 5) is 19.6. The van der Waals surface area contributed by atoms with Gasteiger partial charge in [-0.3, -0.25) is 9.69 Å². The van der Waals surface area contributed by atoms with Gasteiger partial charge in [0.15, 0.2) is 5.75 Å². The Morgan fingerprint density at radius 2 is 1.68 bits per heavy atom. The van der Waals surface area contributed by atoms with Crippen LogP contribution in [0.5, 0.6) is 5.75 Å². The summed E-state index contributed by atoms with van der Waals surface area (Å²) < 4.78 is 5.49. The molecule has 0 aliphatic rings. The summed E-state index contributed by atoms with van der Waals surface area (Å²) in [6, 6.07) is 22.8. The van der Waals surface area contributed by atoms with E-state index in [0.29, 0.717) is 40.3 Å². The summed E-state index contributed by atoms with van der Waals surface area (Å²) in [5, 5.41) is 2.79. The normalized spacial score (nSPS) is 10.8. The van der Waals surface area contributed by atoms with Crippen LogP contribution in [0.15, 0.2) is 79.0 Å². The van der Waals surface area contributed by atoms with Crippen molar-refractivity contribution in [1.82, 2.24) is 4.98 Å². The van der Waals surface area contributed by atoms with Gasteiger partial charge in [0.2, 0.25) is 0 Å². The number of hydrogen-bond acceptors (Lipinski definition) is 3. The van der Waals surface area contributed by atoms with Gasteiger partial charge in [-0.05, 0) is 47.5 Å². The number of hydrogen-bond donors (Lipinski definition) is 0. The molecule has 1 heterocycles. The van der Waals surface area contributed by atoms with E-state index in [0.717, 1.165) is 16.3 Å². The highest BCUT2D eigenvalue weighted by Crippen LogP contribution is 2.35. The molecule has 0 aliphatic carbocycles. The van der Waals surface area contributed by atoms with E-state index in [9.17, 15) is 4.79 Å². The zero-order chi connectivity index (χ0) is 21.8. The van der Waals surface area contributed by atoms with Crippen LogP contribution in [0.1, 0.15) is 22.8 Å². The highest BCUT2D eigenvalue weighted by Gasteiger charge is 2.22. The van der Waals surface area contributed by atoms with Gasteiger partial charge in [0.1, 0.15) is 5.82 Å². The molecule has 6 heteroatoms.